The van der Waals surface area contributed by atoms with Crippen molar-refractivity contribution < 1.29 is 28.3 Å². The number of rotatable bonds is 12. The number of aryl methyl sites for hydroxylation is 1. The highest BCUT2D eigenvalue weighted by Crippen LogP contribution is 2.46. The summed E-state index contributed by atoms with van der Waals surface area (Å²) in [6, 6.07) is 19.5. The van der Waals surface area contributed by atoms with E-state index in [1.54, 1.807) is 24.3 Å². The van der Waals surface area contributed by atoms with Gasteiger partial charge in [-0.2, -0.15) is 5.26 Å². The van der Waals surface area contributed by atoms with Crippen molar-refractivity contribution in [3.8, 4) is 17.6 Å². The van der Waals surface area contributed by atoms with Crippen molar-refractivity contribution in [1.82, 2.24) is 15.1 Å². The van der Waals surface area contributed by atoms with Crippen LogP contribution in [-0.4, -0.2) is 59.2 Å². The number of aldehydes is 1. The Hall–Kier alpha value is -5.64. The molecule has 49 heavy (non-hydrogen) atoms. The largest absolute Gasteiger partial charge is 0.488 e. The van der Waals surface area contributed by atoms with Gasteiger partial charge in [0.2, 0.25) is 17.5 Å². The van der Waals surface area contributed by atoms with E-state index in [0.29, 0.717) is 49.0 Å². The van der Waals surface area contributed by atoms with Crippen molar-refractivity contribution in [3.05, 3.63) is 129 Å². The summed E-state index contributed by atoms with van der Waals surface area (Å²) in [5.41, 5.74) is 2.89. The number of hydrogen-bond donors (Lipinski definition) is 0. The van der Waals surface area contributed by atoms with Gasteiger partial charge in [0.15, 0.2) is 6.29 Å². The number of nitriles is 1. The van der Waals surface area contributed by atoms with Crippen LogP contribution in [0, 0.1) is 34.3 Å². The molecule has 1 aromatic heterocycles. The average Bonchev–Trinajstić information content (AvgIpc) is 3.60. The number of nitro groups is 1. The number of nitro benzene ring substituents is 1. The molecule has 0 spiro atoms. The van der Waals surface area contributed by atoms with Crippen LogP contribution in [-0.2, 0) is 23.3 Å². The first kappa shape index (κ1) is 33.3. The van der Waals surface area contributed by atoms with Crippen LogP contribution >= 0.6 is 0 Å². The van der Waals surface area contributed by atoms with E-state index in [1.807, 2.05) is 50.3 Å². The lowest BCUT2D eigenvalue weighted by Crippen LogP contribution is -2.40. The third-order valence-corrected chi connectivity index (χ3v) is 9.02. The molecule has 2 atom stereocenters. The molecule has 2 heterocycles. The van der Waals surface area contributed by atoms with Crippen LogP contribution in [0.5, 0.6) is 11.5 Å². The number of benzene rings is 3. The second-order valence-corrected chi connectivity index (χ2v) is 12.1. The first-order chi connectivity index (χ1) is 23.8. The molecule has 4 aromatic rings. The number of aromatic nitrogens is 2. The summed E-state index contributed by atoms with van der Waals surface area (Å²) in [5.74, 6) is 0.523. The van der Waals surface area contributed by atoms with Crippen molar-refractivity contribution in [2.75, 3.05) is 32.9 Å². The summed E-state index contributed by atoms with van der Waals surface area (Å²) in [7, 11) is 0. The van der Waals surface area contributed by atoms with Crippen LogP contribution in [0.3, 0.4) is 0 Å². The molecule has 0 amide bonds. The number of morpholine rings is 1. The fourth-order valence-electron chi connectivity index (χ4n) is 6.19. The summed E-state index contributed by atoms with van der Waals surface area (Å²) in [5, 5.41) is 30.4. The molecule has 250 valence electrons. The molecule has 1 aliphatic heterocycles. The zero-order chi connectivity index (χ0) is 34.4. The lowest BCUT2D eigenvalue weighted by Gasteiger charge is -2.37. The second kappa shape index (κ2) is 14.6. The highest BCUT2D eigenvalue weighted by Gasteiger charge is 2.46. The van der Waals surface area contributed by atoms with E-state index >= 15 is 0 Å². The zero-order valence-electron chi connectivity index (χ0n) is 27.2. The molecule has 1 aliphatic carbocycles. The van der Waals surface area contributed by atoms with Crippen LogP contribution in [0.15, 0.2) is 83.3 Å². The molecule has 0 N–H and O–H groups in total. The standard InChI is InChI=1S/C37H35N5O7/c1-25-7-3-4-10-30(25)31-11-6-12-37(26(31)2,36-40-39-35(49-36)21-41-13-15-46-16-14-41)24-48-34-19-33(29(22-43)18-32(34)42(44)45)47-23-28-9-5-8-27(17-28)20-38/h3-12,17-19,22,26H,13-16,21,23-24H2,1-2H3. The molecule has 2 aliphatic rings. The number of carbonyl (C=O) groups is 1. The van der Waals surface area contributed by atoms with Gasteiger partial charge in [-0.3, -0.25) is 19.8 Å². The van der Waals surface area contributed by atoms with Crippen LogP contribution in [0.2, 0.25) is 0 Å². The van der Waals surface area contributed by atoms with E-state index in [9.17, 15) is 20.2 Å². The van der Waals surface area contributed by atoms with E-state index in [0.717, 1.165) is 35.9 Å². The number of allylic oxidation sites excluding steroid dienone is 3. The van der Waals surface area contributed by atoms with E-state index < -0.39 is 16.0 Å². The number of carbonyl (C=O) groups excluding carboxylic acids is 1. The predicted octanol–water partition coefficient (Wildman–Crippen LogP) is 5.99. The Morgan fingerprint density at radius 3 is 2.67 bits per heavy atom. The summed E-state index contributed by atoms with van der Waals surface area (Å²) in [4.78, 5) is 25.8. The maximum atomic E-state index is 12.2. The Morgan fingerprint density at radius 2 is 1.92 bits per heavy atom. The molecule has 1 saturated heterocycles. The topological polar surface area (TPSA) is 154 Å². The zero-order valence-corrected chi connectivity index (χ0v) is 27.2. The van der Waals surface area contributed by atoms with Crippen molar-refractivity contribution in [1.29, 1.82) is 5.26 Å². The molecule has 6 rings (SSSR count). The van der Waals surface area contributed by atoms with Gasteiger partial charge in [-0.15, -0.1) is 10.2 Å². The van der Waals surface area contributed by atoms with Gasteiger partial charge in [0.05, 0.1) is 41.9 Å². The molecule has 3 aromatic carbocycles. The normalized spacial score (nSPS) is 19.1. The Morgan fingerprint density at radius 1 is 1.10 bits per heavy atom. The Labute approximate surface area is 283 Å². The van der Waals surface area contributed by atoms with Crippen molar-refractivity contribution in [2.24, 2.45) is 5.92 Å². The van der Waals surface area contributed by atoms with Crippen LogP contribution in [0.1, 0.15) is 51.3 Å². The van der Waals surface area contributed by atoms with Gasteiger partial charge < -0.3 is 18.6 Å². The van der Waals surface area contributed by atoms with E-state index in [1.165, 1.54) is 6.07 Å². The maximum absolute atomic E-state index is 12.2. The van der Waals surface area contributed by atoms with E-state index in [-0.39, 0.29) is 36.2 Å². The Kier molecular flexibility index (Phi) is 9.94. The molecule has 1 fully saturated rings. The molecule has 0 bridgehead atoms. The summed E-state index contributed by atoms with van der Waals surface area (Å²) < 4.78 is 24.1. The molecule has 2 unspecified atom stereocenters. The molecule has 0 saturated carbocycles. The third-order valence-electron chi connectivity index (χ3n) is 9.02. The van der Waals surface area contributed by atoms with Crippen LogP contribution in [0.25, 0.3) is 5.57 Å². The smallest absolute Gasteiger partial charge is 0.311 e. The number of ether oxygens (including phenoxy) is 3. The molecule has 0 radical (unpaired) electrons. The second-order valence-electron chi connectivity index (χ2n) is 12.1. The first-order valence-corrected chi connectivity index (χ1v) is 15.9. The van der Waals surface area contributed by atoms with Gasteiger partial charge in [-0.25, -0.2) is 0 Å². The average molecular weight is 662 g/mol. The fraction of sp³-hybridized carbons (Fsp3) is 0.297. The van der Waals surface area contributed by atoms with Crippen LogP contribution in [0.4, 0.5) is 5.69 Å². The van der Waals surface area contributed by atoms with Gasteiger partial charge in [0.1, 0.15) is 24.4 Å². The maximum Gasteiger partial charge on any atom is 0.311 e. The number of hydrogen-bond acceptors (Lipinski definition) is 11. The summed E-state index contributed by atoms with van der Waals surface area (Å²) >= 11 is 0. The summed E-state index contributed by atoms with van der Waals surface area (Å²) in [6.45, 7) is 7.23. The quantitative estimate of drug-likeness (QED) is 0.0999. The van der Waals surface area contributed by atoms with Gasteiger partial charge in [-0.1, -0.05) is 61.5 Å². The Balaban J connectivity index is 1.35. The molecular weight excluding hydrogens is 626 g/mol. The third kappa shape index (κ3) is 7.13. The van der Waals surface area contributed by atoms with Crippen LogP contribution < -0.4 is 9.47 Å². The van der Waals surface area contributed by atoms with Gasteiger partial charge in [0, 0.05) is 31.1 Å². The van der Waals surface area contributed by atoms with E-state index in [4.69, 9.17) is 18.6 Å². The monoisotopic (exact) mass is 661 g/mol. The minimum Gasteiger partial charge on any atom is -0.488 e. The fourth-order valence-corrected chi connectivity index (χ4v) is 6.19. The minimum atomic E-state index is -1.02. The Bertz CT molecular complexity index is 1960. The predicted molar refractivity (Wildman–Crippen MR) is 179 cm³/mol. The SMILES string of the molecule is Cc1ccccc1C1=CC=CC(COc2cc(OCc3cccc(C#N)c3)c(C=O)cc2[N+](=O)[O-])(c2nnc(CN3CCOCC3)o2)C1C. The van der Waals surface area contributed by atoms with Crippen molar-refractivity contribution >= 4 is 17.5 Å². The van der Waals surface area contributed by atoms with Gasteiger partial charge in [0.25, 0.3) is 0 Å². The van der Waals surface area contributed by atoms with Crippen molar-refractivity contribution in [2.45, 2.75) is 32.4 Å². The highest BCUT2D eigenvalue weighted by molar-refractivity contribution is 5.82. The van der Waals surface area contributed by atoms with Gasteiger partial charge in [-0.05, 0) is 41.3 Å². The number of nitrogens with zero attached hydrogens (tertiary/aromatic N) is 5. The summed E-state index contributed by atoms with van der Waals surface area (Å²) in [6.07, 6.45) is 6.41. The lowest BCUT2D eigenvalue weighted by atomic mass is 9.68. The highest BCUT2D eigenvalue weighted by atomic mass is 16.6. The van der Waals surface area contributed by atoms with Crippen molar-refractivity contribution in [3.63, 3.8) is 0 Å². The lowest BCUT2D eigenvalue weighted by molar-refractivity contribution is -0.386. The minimum absolute atomic E-state index is 0.00874. The molecular formula is C37H35N5O7. The van der Waals surface area contributed by atoms with E-state index in [2.05, 4.69) is 27.2 Å². The molecule has 12 heteroatoms. The molecule has 12 nitrogen and oxygen atoms in total. The van der Waals surface area contributed by atoms with Gasteiger partial charge >= 0.3 is 5.69 Å². The first-order valence-electron chi connectivity index (χ1n) is 15.9.